The van der Waals surface area contributed by atoms with Gasteiger partial charge in [0, 0.05) is 18.0 Å². The highest BCUT2D eigenvalue weighted by atomic mass is 19.1. The summed E-state index contributed by atoms with van der Waals surface area (Å²) in [4.78, 5) is 15.2. The Kier molecular flexibility index (Phi) is 3.38. The molecule has 0 saturated carbocycles. The van der Waals surface area contributed by atoms with Gasteiger partial charge in [0.25, 0.3) is 0 Å². The molecule has 1 N–H and O–H groups in total. The van der Waals surface area contributed by atoms with Crippen LogP contribution in [0.2, 0.25) is 0 Å². The highest BCUT2D eigenvalue weighted by Crippen LogP contribution is 2.26. The van der Waals surface area contributed by atoms with Crippen molar-refractivity contribution in [1.29, 1.82) is 0 Å². The number of nitrogens with zero attached hydrogens (tertiary/aromatic N) is 4. The highest BCUT2D eigenvalue weighted by Gasteiger charge is 2.22. The molecule has 110 valence electrons. The van der Waals surface area contributed by atoms with E-state index in [4.69, 9.17) is 0 Å². The van der Waals surface area contributed by atoms with Gasteiger partial charge in [-0.3, -0.25) is 4.98 Å². The van der Waals surface area contributed by atoms with Gasteiger partial charge >= 0.3 is 5.97 Å². The summed E-state index contributed by atoms with van der Waals surface area (Å²) in [5, 5.41) is 16.7. The van der Waals surface area contributed by atoms with Gasteiger partial charge in [-0.15, -0.1) is 5.10 Å². The Morgan fingerprint density at radius 3 is 2.59 bits per heavy atom. The maximum absolute atomic E-state index is 14.2. The van der Waals surface area contributed by atoms with Crippen LogP contribution in [0.1, 0.15) is 16.1 Å². The van der Waals surface area contributed by atoms with E-state index >= 15 is 0 Å². The fourth-order valence-electron chi connectivity index (χ4n) is 2.15. The zero-order valence-corrected chi connectivity index (χ0v) is 11.6. The molecule has 0 saturated heterocycles. The molecular formula is C15H11FN4O2. The molecule has 1 aromatic carbocycles. The van der Waals surface area contributed by atoms with E-state index in [1.165, 1.54) is 29.2 Å². The summed E-state index contributed by atoms with van der Waals surface area (Å²) in [6.07, 6.45) is 3.04. The minimum Gasteiger partial charge on any atom is -0.476 e. The summed E-state index contributed by atoms with van der Waals surface area (Å²) in [5.41, 5.74) is 1.39. The average Bonchev–Trinajstić information content (AvgIpc) is 2.93. The van der Waals surface area contributed by atoms with Crippen molar-refractivity contribution in [2.45, 2.75) is 6.92 Å². The van der Waals surface area contributed by atoms with E-state index in [0.29, 0.717) is 5.56 Å². The van der Waals surface area contributed by atoms with Gasteiger partial charge in [-0.25, -0.2) is 13.9 Å². The fourth-order valence-corrected chi connectivity index (χ4v) is 2.15. The molecule has 0 aliphatic heterocycles. The summed E-state index contributed by atoms with van der Waals surface area (Å²) >= 11 is 0. The molecule has 6 nitrogen and oxygen atoms in total. The van der Waals surface area contributed by atoms with Crippen molar-refractivity contribution in [3.63, 3.8) is 0 Å². The van der Waals surface area contributed by atoms with Gasteiger partial charge in [0.15, 0.2) is 5.69 Å². The topological polar surface area (TPSA) is 80.9 Å². The number of carbonyl (C=O) groups is 1. The first-order valence-corrected chi connectivity index (χ1v) is 6.44. The first kappa shape index (κ1) is 13.9. The van der Waals surface area contributed by atoms with Crippen LogP contribution in [0.4, 0.5) is 4.39 Å². The molecule has 0 radical (unpaired) electrons. The Morgan fingerprint density at radius 2 is 1.95 bits per heavy atom. The van der Waals surface area contributed by atoms with Gasteiger partial charge in [-0.2, -0.15) is 0 Å². The van der Waals surface area contributed by atoms with Crippen molar-refractivity contribution in [1.82, 2.24) is 20.0 Å². The molecule has 3 rings (SSSR count). The molecule has 0 aliphatic carbocycles. The Bertz CT molecular complexity index is 846. The van der Waals surface area contributed by atoms with E-state index < -0.39 is 11.8 Å². The molecule has 2 aromatic heterocycles. The molecule has 2 heterocycles. The van der Waals surface area contributed by atoms with Crippen molar-refractivity contribution >= 4 is 5.97 Å². The van der Waals surface area contributed by atoms with Crippen LogP contribution < -0.4 is 0 Å². The van der Waals surface area contributed by atoms with E-state index in [-0.39, 0.29) is 17.1 Å². The van der Waals surface area contributed by atoms with E-state index in [9.17, 15) is 14.3 Å². The molecule has 0 unspecified atom stereocenters. The number of pyridine rings is 1. The van der Waals surface area contributed by atoms with Crippen LogP contribution in [-0.2, 0) is 0 Å². The van der Waals surface area contributed by atoms with Crippen molar-refractivity contribution in [2.24, 2.45) is 0 Å². The van der Waals surface area contributed by atoms with Crippen molar-refractivity contribution < 1.29 is 14.3 Å². The molecule has 0 bridgehead atoms. The summed E-state index contributed by atoms with van der Waals surface area (Å²) in [7, 11) is 0. The number of aromatic carboxylic acids is 1. The Balaban J connectivity index is 2.27. The third-order valence-electron chi connectivity index (χ3n) is 3.16. The fraction of sp³-hybridized carbons (Fsp3) is 0.0667. The summed E-state index contributed by atoms with van der Waals surface area (Å²) in [5.74, 6) is -1.73. The van der Waals surface area contributed by atoms with Crippen LogP contribution in [-0.4, -0.2) is 31.1 Å². The lowest BCUT2D eigenvalue weighted by Crippen LogP contribution is -2.05. The maximum Gasteiger partial charge on any atom is 0.358 e. The lowest BCUT2D eigenvalue weighted by molar-refractivity contribution is 0.0691. The molecule has 0 aliphatic rings. The number of rotatable bonds is 3. The van der Waals surface area contributed by atoms with E-state index in [1.807, 2.05) is 0 Å². The van der Waals surface area contributed by atoms with Crippen LogP contribution >= 0.6 is 0 Å². The monoisotopic (exact) mass is 298 g/mol. The second kappa shape index (κ2) is 5.36. The van der Waals surface area contributed by atoms with Crippen LogP contribution in [0.25, 0.3) is 16.9 Å². The molecular weight excluding hydrogens is 287 g/mol. The third-order valence-corrected chi connectivity index (χ3v) is 3.16. The minimum atomic E-state index is -1.23. The average molecular weight is 298 g/mol. The number of halogens is 1. The van der Waals surface area contributed by atoms with Crippen LogP contribution in [0, 0.1) is 12.7 Å². The zero-order valence-electron chi connectivity index (χ0n) is 11.6. The van der Waals surface area contributed by atoms with Gasteiger partial charge < -0.3 is 5.11 Å². The largest absolute Gasteiger partial charge is 0.476 e. The zero-order chi connectivity index (χ0) is 15.7. The number of benzene rings is 1. The molecule has 0 fully saturated rings. The quantitative estimate of drug-likeness (QED) is 0.803. The van der Waals surface area contributed by atoms with Gasteiger partial charge in [-0.05, 0) is 36.8 Å². The highest BCUT2D eigenvalue weighted by molar-refractivity contribution is 5.93. The standard InChI is InChI=1S/C15H11FN4O2/c1-9-2-3-12(11(16)8-9)20-14(10-4-6-17-7-5-10)13(15(21)22)18-19-20/h2-8H,1H3,(H,21,22). The molecule has 3 aromatic rings. The second-order valence-corrected chi connectivity index (χ2v) is 4.69. The number of carboxylic acid groups (broad SMARTS) is 1. The first-order chi connectivity index (χ1) is 10.6. The normalized spacial score (nSPS) is 10.6. The molecule has 0 atom stereocenters. The summed E-state index contributed by atoms with van der Waals surface area (Å²) in [6, 6.07) is 7.85. The number of hydrogen-bond donors (Lipinski definition) is 1. The summed E-state index contributed by atoms with van der Waals surface area (Å²) < 4.78 is 15.4. The second-order valence-electron chi connectivity index (χ2n) is 4.69. The number of carboxylic acids is 1. The van der Waals surface area contributed by atoms with Crippen molar-refractivity contribution in [2.75, 3.05) is 0 Å². The SMILES string of the molecule is Cc1ccc(-n2nnc(C(=O)O)c2-c2ccncc2)c(F)c1. The lowest BCUT2D eigenvalue weighted by atomic mass is 10.1. The maximum atomic E-state index is 14.2. The van der Waals surface area contributed by atoms with Crippen molar-refractivity contribution in [3.8, 4) is 16.9 Å². The van der Waals surface area contributed by atoms with E-state index in [0.717, 1.165) is 5.56 Å². The number of aryl methyl sites for hydroxylation is 1. The molecule has 0 spiro atoms. The number of hydrogen-bond acceptors (Lipinski definition) is 4. The van der Waals surface area contributed by atoms with Gasteiger partial charge in [0.05, 0.1) is 0 Å². The van der Waals surface area contributed by atoms with Gasteiger partial charge in [-0.1, -0.05) is 11.3 Å². The minimum absolute atomic E-state index is 0.136. The molecule has 0 amide bonds. The van der Waals surface area contributed by atoms with Crippen LogP contribution in [0.5, 0.6) is 0 Å². The smallest absolute Gasteiger partial charge is 0.358 e. The molecule has 7 heteroatoms. The lowest BCUT2D eigenvalue weighted by Gasteiger charge is -2.08. The summed E-state index contributed by atoms with van der Waals surface area (Å²) in [6.45, 7) is 1.76. The third kappa shape index (κ3) is 2.32. The Morgan fingerprint density at radius 1 is 1.23 bits per heavy atom. The van der Waals surface area contributed by atoms with Crippen LogP contribution in [0.3, 0.4) is 0 Å². The van der Waals surface area contributed by atoms with E-state index in [1.54, 1.807) is 25.1 Å². The van der Waals surface area contributed by atoms with Crippen molar-refractivity contribution in [3.05, 3.63) is 59.8 Å². The predicted molar refractivity (Wildman–Crippen MR) is 76.2 cm³/mol. The van der Waals surface area contributed by atoms with Gasteiger partial charge in [0.1, 0.15) is 17.2 Å². The first-order valence-electron chi connectivity index (χ1n) is 6.44. The van der Waals surface area contributed by atoms with Crippen LogP contribution in [0.15, 0.2) is 42.7 Å². The number of aromatic nitrogens is 4. The predicted octanol–water partition coefficient (Wildman–Crippen LogP) is 2.48. The van der Waals surface area contributed by atoms with Gasteiger partial charge in [0.2, 0.25) is 0 Å². The van der Waals surface area contributed by atoms with E-state index in [2.05, 4.69) is 15.3 Å². The Labute approximate surface area is 124 Å². The molecule has 22 heavy (non-hydrogen) atoms. The Hall–Kier alpha value is -3.09.